The summed E-state index contributed by atoms with van der Waals surface area (Å²) in [5.41, 5.74) is 5.24. The highest BCUT2D eigenvalue weighted by Crippen LogP contribution is 2.36. The van der Waals surface area contributed by atoms with Crippen LogP contribution in [0.4, 0.5) is 4.39 Å². The quantitative estimate of drug-likeness (QED) is 0.741. The number of hydrogen-bond donors (Lipinski definition) is 1. The summed E-state index contributed by atoms with van der Waals surface area (Å²) in [5, 5.41) is 14.1. The number of aryl methyl sites for hydroxylation is 2. The van der Waals surface area contributed by atoms with Gasteiger partial charge in [-0.1, -0.05) is 0 Å². The lowest BCUT2D eigenvalue weighted by Gasteiger charge is -2.18. The van der Waals surface area contributed by atoms with Crippen LogP contribution in [0.2, 0.25) is 0 Å². The highest BCUT2D eigenvalue weighted by atomic mass is 19.1. The molecule has 1 aliphatic carbocycles. The molecule has 0 unspecified atom stereocenters. The fraction of sp³-hybridized carbons (Fsp3) is 0.118. The van der Waals surface area contributed by atoms with Crippen LogP contribution in [-0.2, 0) is 12.8 Å². The number of rotatable bonds is 1. The van der Waals surface area contributed by atoms with Crippen LogP contribution in [0.25, 0.3) is 16.9 Å². The first-order valence-electron chi connectivity index (χ1n) is 6.87. The zero-order valence-corrected chi connectivity index (χ0v) is 11.3. The Morgan fingerprint density at radius 1 is 1.00 bits per heavy atom. The normalized spacial score (nSPS) is 12.8. The van der Waals surface area contributed by atoms with Gasteiger partial charge in [-0.2, -0.15) is 5.10 Å². The first kappa shape index (κ1) is 12.1. The molecule has 1 N–H and O–H groups in total. The number of phenolic OH excluding ortho intramolecular Hbond substituents is 1. The molecule has 0 spiro atoms. The van der Waals surface area contributed by atoms with Crippen molar-refractivity contribution in [1.82, 2.24) is 9.78 Å². The zero-order chi connectivity index (χ0) is 14.4. The Labute approximate surface area is 121 Å². The molecule has 0 amide bonds. The van der Waals surface area contributed by atoms with Gasteiger partial charge in [0.05, 0.1) is 17.6 Å². The lowest BCUT2D eigenvalue weighted by atomic mass is 9.90. The predicted molar refractivity (Wildman–Crippen MR) is 78.0 cm³/mol. The molecule has 1 aromatic heterocycles. The molecule has 0 fully saturated rings. The summed E-state index contributed by atoms with van der Waals surface area (Å²) in [6.07, 6.45) is 3.66. The standard InChI is InChI=1S/C17H13FN2O/c18-13-3-5-14(6-4-13)20-17-12(10-19-20)2-1-11-9-15(21)7-8-16(11)17/h3-10,21H,1-2H2. The minimum absolute atomic E-state index is 0.259. The van der Waals surface area contributed by atoms with E-state index in [1.54, 1.807) is 24.3 Å². The number of fused-ring (bicyclic) bond motifs is 3. The maximum absolute atomic E-state index is 13.1. The van der Waals surface area contributed by atoms with Gasteiger partial charge in [-0.15, -0.1) is 0 Å². The second-order valence-electron chi connectivity index (χ2n) is 5.25. The van der Waals surface area contributed by atoms with Gasteiger partial charge < -0.3 is 5.11 Å². The van der Waals surface area contributed by atoms with Crippen molar-refractivity contribution in [3.63, 3.8) is 0 Å². The van der Waals surface area contributed by atoms with E-state index >= 15 is 0 Å². The van der Waals surface area contributed by atoms with E-state index in [4.69, 9.17) is 0 Å². The van der Waals surface area contributed by atoms with Crippen molar-refractivity contribution in [2.75, 3.05) is 0 Å². The minimum atomic E-state index is -0.259. The Morgan fingerprint density at radius 2 is 1.76 bits per heavy atom. The molecule has 21 heavy (non-hydrogen) atoms. The van der Waals surface area contributed by atoms with Gasteiger partial charge >= 0.3 is 0 Å². The van der Waals surface area contributed by atoms with Crippen LogP contribution in [0.15, 0.2) is 48.7 Å². The van der Waals surface area contributed by atoms with E-state index in [2.05, 4.69) is 5.10 Å². The highest BCUT2D eigenvalue weighted by molar-refractivity contribution is 5.72. The molecule has 0 aliphatic heterocycles. The fourth-order valence-electron chi connectivity index (χ4n) is 2.92. The number of phenols is 1. The van der Waals surface area contributed by atoms with Gasteiger partial charge in [0, 0.05) is 5.56 Å². The third-order valence-corrected chi connectivity index (χ3v) is 3.92. The molecule has 0 atom stereocenters. The van der Waals surface area contributed by atoms with Gasteiger partial charge in [-0.25, -0.2) is 9.07 Å². The molecule has 1 aliphatic rings. The summed E-state index contributed by atoms with van der Waals surface area (Å²) in [7, 11) is 0. The fourth-order valence-corrected chi connectivity index (χ4v) is 2.92. The summed E-state index contributed by atoms with van der Waals surface area (Å²) in [4.78, 5) is 0. The predicted octanol–water partition coefficient (Wildman–Crippen LogP) is 3.48. The summed E-state index contributed by atoms with van der Waals surface area (Å²) in [6, 6.07) is 11.7. The maximum Gasteiger partial charge on any atom is 0.123 e. The SMILES string of the molecule is Oc1ccc2c(c1)CCc1cnn(-c3ccc(F)cc3)c1-2. The molecule has 2 aromatic carbocycles. The number of halogens is 1. The third kappa shape index (κ3) is 1.91. The molecule has 4 rings (SSSR count). The Balaban J connectivity index is 1.92. The average molecular weight is 280 g/mol. The number of aromatic hydroxyl groups is 1. The molecule has 4 heteroatoms. The van der Waals surface area contributed by atoms with Gasteiger partial charge in [-0.3, -0.25) is 0 Å². The van der Waals surface area contributed by atoms with E-state index in [9.17, 15) is 9.50 Å². The van der Waals surface area contributed by atoms with Crippen LogP contribution in [0, 0.1) is 5.82 Å². The zero-order valence-electron chi connectivity index (χ0n) is 11.3. The van der Waals surface area contributed by atoms with E-state index in [0.717, 1.165) is 35.3 Å². The Hall–Kier alpha value is -2.62. The summed E-state index contributed by atoms with van der Waals surface area (Å²) in [5.74, 6) is 0.0233. The molecule has 0 saturated heterocycles. The topological polar surface area (TPSA) is 38.1 Å². The largest absolute Gasteiger partial charge is 0.508 e. The Morgan fingerprint density at radius 3 is 2.57 bits per heavy atom. The smallest absolute Gasteiger partial charge is 0.123 e. The first-order chi connectivity index (χ1) is 10.2. The van der Waals surface area contributed by atoms with E-state index in [-0.39, 0.29) is 11.6 Å². The van der Waals surface area contributed by atoms with Crippen LogP contribution in [-0.4, -0.2) is 14.9 Å². The molecule has 3 nitrogen and oxygen atoms in total. The monoisotopic (exact) mass is 280 g/mol. The third-order valence-electron chi connectivity index (χ3n) is 3.92. The van der Waals surface area contributed by atoms with Crippen LogP contribution < -0.4 is 0 Å². The van der Waals surface area contributed by atoms with Crippen molar-refractivity contribution in [1.29, 1.82) is 0 Å². The van der Waals surface area contributed by atoms with Gasteiger partial charge in [0.1, 0.15) is 11.6 Å². The number of benzene rings is 2. The number of nitrogens with zero attached hydrogens (tertiary/aromatic N) is 2. The van der Waals surface area contributed by atoms with Gasteiger partial charge in [-0.05, 0) is 66.4 Å². The van der Waals surface area contributed by atoms with Gasteiger partial charge in [0.25, 0.3) is 0 Å². The van der Waals surface area contributed by atoms with Crippen LogP contribution in [0.5, 0.6) is 5.75 Å². The molecule has 0 bridgehead atoms. The van der Waals surface area contributed by atoms with Crippen molar-refractivity contribution in [3.8, 4) is 22.7 Å². The molecule has 1 heterocycles. The molecule has 3 aromatic rings. The molecule has 104 valence electrons. The van der Waals surface area contributed by atoms with Crippen molar-refractivity contribution in [2.24, 2.45) is 0 Å². The van der Waals surface area contributed by atoms with Gasteiger partial charge in [0.2, 0.25) is 0 Å². The maximum atomic E-state index is 13.1. The average Bonchev–Trinajstić information content (AvgIpc) is 2.92. The molecular formula is C17H13FN2O. The van der Waals surface area contributed by atoms with Crippen molar-refractivity contribution >= 4 is 0 Å². The van der Waals surface area contributed by atoms with Crippen molar-refractivity contribution in [3.05, 3.63) is 65.6 Å². The first-order valence-corrected chi connectivity index (χ1v) is 6.87. The molecular weight excluding hydrogens is 267 g/mol. The Bertz CT molecular complexity index is 821. The summed E-state index contributed by atoms with van der Waals surface area (Å²) >= 11 is 0. The second-order valence-corrected chi connectivity index (χ2v) is 5.25. The summed E-state index contributed by atoms with van der Waals surface area (Å²) < 4.78 is 14.9. The summed E-state index contributed by atoms with van der Waals surface area (Å²) in [6.45, 7) is 0. The van der Waals surface area contributed by atoms with Crippen molar-refractivity contribution < 1.29 is 9.50 Å². The van der Waals surface area contributed by atoms with Crippen LogP contribution >= 0.6 is 0 Å². The van der Waals surface area contributed by atoms with Gasteiger partial charge in [0.15, 0.2) is 0 Å². The van der Waals surface area contributed by atoms with Crippen LogP contribution in [0.3, 0.4) is 0 Å². The van der Waals surface area contributed by atoms with E-state index in [0.29, 0.717) is 0 Å². The number of hydrogen-bond acceptors (Lipinski definition) is 2. The lowest BCUT2D eigenvalue weighted by Crippen LogP contribution is -2.07. The second kappa shape index (κ2) is 4.45. The van der Waals surface area contributed by atoms with E-state index in [1.807, 2.05) is 16.9 Å². The minimum Gasteiger partial charge on any atom is -0.508 e. The highest BCUT2D eigenvalue weighted by Gasteiger charge is 2.21. The number of aromatic nitrogens is 2. The molecule has 0 saturated carbocycles. The van der Waals surface area contributed by atoms with E-state index in [1.165, 1.54) is 17.7 Å². The van der Waals surface area contributed by atoms with Crippen molar-refractivity contribution in [2.45, 2.75) is 12.8 Å². The Kier molecular flexibility index (Phi) is 2.57. The van der Waals surface area contributed by atoms with E-state index < -0.39 is 0 Å². The lowest BCUT2D eigenvalue weighted by molar-refractivity contribution is 0.474. The molecule has 0 radical (unpaired) electrons. The van der Waals surface area contributed by atoms with Crippen LogP contribution in [0.1, 0.15) is 11.1 Å².